The molecule has 234 valence electrons. The first-order valence-corrected chi connectivity index (χ1v) is 15.9. The molecule has 1 aromatic heterocycles. The molecule has 0 aliphatic carbocycles. The number of thiocarbonyl (C=S) groups is 1. The van der Waals surface area contributed by atoms with E-state index in [2.05, 4.69) is 4.57 Å². The Bertz CT molecular complexity index is 1970. The summed E-state index contributed by atoms with van der Waals surface area (Å²) in [5, 5.41) is 0.165. The molecule has 1 aliphatic rings. The molecule has 0 spiro atoms. The minimum Gasteiger partial charge on any atom is -0.462 e. The molecule has 47 heavy (non-hydrogen) atoms. The van der Waals surface area contributed by atoms with Crippen LogP contribution in [0.1, 0.15) is 36.2 Å². The van der Waals surface area contributed by atoms with E-state index in [9.17, 15) is 14.4 Å². The topological polar surface area (TPSA) is 71.9 Å². The van der Waals surface area contributed by atoms with Crippen LogP contribution in [0.15, 0.2) is 127 Å². The lowest BCUT2D eigenvalue weighted by atomic mass is 10.0. The normalized spacial score (nSPS) is 14.2. The summed E-state index contributed by atoms with van der Waals surface area (Å²) in [5.74, 6) is -1.30. The molecule has 0 unspecified atom stereocenters. The van der Waals surface area contributed by atoms with Crippen LogP contribution >= 0.6 is 12.2 Å². The molecular formula is C39H33N3O4S. The van der Waals surface area contributed by atoms with Gasteiger partial charge in [-0.15, -0.1) is 0 Å². The van der Waals surface area contributed by atoms with E-state index < -0.39 is 17.8 Å². The Hall–Kier alpha value is -5.60. The zero-order chi connectivity index (χ0) is 32.9. The zero-order valence-electron chi connectivity index (χ0n) is 26.1. The average Bonchev–Trinajstić information content (AvgIpc) is 3.49. The van der Waals surface area contributed by atoms with E-state index in [1.807, 2.05) is 104 Å². The van der Waals surface area contributed by atoms with Gasteiger partial charge < -0.3 is 9.30 Å². The summed E-state index contributed by atoms with van der Waals surface area (Å²) in [4.78, 5) is 43.6. The number of para-hydroxylation sites is 1. The molecule has 6 rings (SSSR count). The number of amides is 2. The van der Waals surface area contributed by atoms with Gasteiger partial charge in [0.15, 0.2) is 5.11 Å². The van der Waals surface area contributed by atoms with E-state index in [0.717, 1.165) is 28.2 Å². The molecule has 0 N–H and O–H groups in total. The lowest BCUT2D eigenvalue weighted by molar-refractivity contribution is -0.127. The number of hydrogen-bond donors (Lipinski definition) is 0. The first kappa shape index (κ1) is 31.4. The molecule has 8 heteroatoms. The van der Waals surface area contributed by atoms with Crippen LogP contribution in [-0.4, -0.2) is 45.5 Å². The number of benzene rings is 4. The Morgan fingerprint density at radius 3 is 1.94 bits per heavy atom. The minimum absolute atomic E-state index is 0.0162. The van der Waals surface area contributed by atoms with Crippen molar-refractivity contribution in [2.24, 2.45) is 0 Å². The lowest BCUT2D eigenvalue weighted by Crippen LogP contribution is -2.56. The van der Waals surface area contributed by atoms with Gasteiger partial charge in [-0.1, -0.05) is 85.8 Å². The van der Waals surface area contributed by atoms with Crippen molar-refractivity contribution in [2.75, 3.05) is 18.1 Å². The average molecular weight is 640 g/mol. The first-order chi connectivity index (χ1) is 22.9. The van der Waals surface area contributed by atoms with Crippen LogP contribution in [0.25, 0.3) is 34.3 Å². The third-order valence-corrected chi connectivity index (χ3v) is 8.28. The molecule has 2 amide bonds. The van der Waals surface area contributed by atoms with Crippen molar-refractivity contribution in [2.45, 2.75) is 20.3 Å². The quantitative estimate of drug-likeness (QED) is 0.0709. The van der Waals surface area contributed by atoms with E-state index >= 15 is 0 Å². The van der Waals surface area contributed by atoms with Crippen molar-refractivity contribution in [3.05, 3.63) is 138 Å². The van der Waals surface area contributed by atoms with Gasteiger partial charge in [0.05, 0.1) is 29.2 Å². The van der Waals surface area contributed by atoms with Gasteiger partial charge in [-0.3, -0.25) is 19.4 Å². The van der Waals surface area contributed by atoms with E-state index in [1.54, 1.807) is 37.3 Å². The van der Waals surface area contributed by atoms with Crippen molar-refractivity contribution in [3.63, 3.8) is 0 Å². The maximum atomic E-state index is 14.2. The molecule has 1 fully saturated rings. The summed E-state index contributed by atoms with van der Waals surface area (Å²) in [6.07, 6.45) is 2.35. The number of nitrogens with zero attached hydrogens (tertiary/aromatic N) is 3. The first-order valence-electron chi connectivity index (χ1n) is 15.5. The number of carbonyl (C=O) groups excluding carboxylic acids is 3. The number of carbonyl (C=O) groups is 3. The Balaban J connectivity index is 1.60. The van der Waals surface area contributed by atoms with Crippen molar-refractivity contribution in [3.8, 4) is 28.2 Å². The summed E-state index contributed by atoms with van der Waals surface area (Å²) < 4.78 is 7.30. The molecule has 0 bridgehead atoms. The standard InChI is InChI=1S/C39H33N3O4S/c1-3-24-40-36(43)33(37(44)42(39(40)47)31-18-12-7-13-19-31)25-30-26-34(27-14-8-5-9-15-27)41(35(30)28-16-10-6-11-17-28)32-22-20-29(21-23-32)38(45)46-4-2/h5-23,25-26H,3-4,24H2,1-2H3. The van der Waals surface area contributed by atoms with E-state index in [1.165, 1.54) is 9.80 Å². The van der Waals surface area contributed by atoms with Crippen molar-refractivity contribution >= 4 is 46.9 Å². The number of esters is 1. The summed E-state index contributed by atoms with van der Waals surface area (Å²) >= 11 is 5.71. The monoisotopic (exact) mass is 639 g/mol. The Labute approximate surface area is 279 Å². The van der Waals surface area contributed by atoms with Gasteiger partial charge in [0.1, 0.15) is 5.57 Å². The maximum absolute atomic E-state index is 14.2. The lowest BCUT2D eigenvalue weighted by Gasteiger charge is -2.36. The van der Waals surface area contributed by atoms with Gasteiger partial charge in [0.2, 0.25) is 0 Å². The second-order valence-corrected chi connectivity index (χ2v) is 11.3. The Morgan fingerprint density at radius 1 is 0.745 bits per heavy atom. The number of ether oxygens (including phenoxy) is 1. The summed E-state index contributed by atoms with van der Waals surface area (Å²) in [6.45, 7) is 4.40. The van der Waals surface area contributed by atoms with Crippen LogP contribution in [0.3, 0.4) is 0 Å². The molecule has 7 nitrogen and oxygen atoms in total. The van der Waals surface area contributed by atoms with Crippen molar-refractivity contribution < 1.29 is 19.1 Å². The Kier molecular flexibility index (Phi) is 9.22. The van der Waals surface area contributed by atoms with E-state index in [0.29, 0.717) is 29.8 Å². The maximum Gasteiger partial charge on any atom is 0.338 e. The Morgan fingerprint density at radius 2 is 1.34 bits per heavy atom. The highest BCUT2D eigenvalue weighted by molar-refractivity contribution is 7.80. The minimum atomic E-state index is -0.481. The SMILES string of the molecule is CCCN1C(=O)C(=Cc2cc(-c3ccccc3)n(-c3ccc(C(=O)OCC)cc3)c2-c2ccccc2)C(=O)N(c2ccccc2)C1=S. The van der Waals surface area contributed by atoms with Gasteiger partial charge in [-0.05, 0) is 85.2 Å². The third-order valence-electron chi connectivity index (χ3n) is 7.88. The molecule has 2 heterocycles. The van der Waals surface area contributed by atoms with Gasteiger partial charge in [0, 0.05) is 17.8 Å². The second kappa shape index (κ2) is 13.8. The molecule has 1 saturated heterocycles. The summed E-state index contributed by atoms with van der Waals surface area (Å²) in [7, 11) is 0. The highest BCUT2D eigenvalue weighted by atomic mass is 32.1. The molecule has 0 saturated carbocycles. The van der Waals surface area contributed by atoms with Gasteiger partial charge >= 0.3 is 5.97 Å². The smallest absolute Gasteiger partial charge is 0.338 e. The molecule has 0 radical (unpaired) electrons. The fourth-order valence-corrected chi connectivity index (χ4v) is 6.10. The van der Waals surface area contributed by atoms with Gasteiger partial charge in [0.25, 0.3) is 11.8 Å². The van der Waals surface area contributed by atoms with Crippen LogP contribution in [0.4, 0.5) is 5.69 Å². The highest BCUT2D eigenvalue weighted by Gasteiger charge is 2.40. The van der Waals surface area contributed by atoms with Gasteiger partial charge in [-0.2, -0.15) is 0 Å². The third kappa shape index (κ3) is 6.15. The van der Waals surface area contributed by atoms with E-state index in [4.69, 9.17) is 17.0 Å². The molecule has 1 aliphatic heterocycles. The molecular weight excluding hydrogens is 607 g/mol. The number of rotatable bonds is 9. The van der Waals surface area contributed by atoms with Crippen LogP contribution in [0.2, 0.25) is 0 Å². The van der Waals surface area contributed by atoms with Crippen LogP contribution in [0, 0.1) is 0 Å². The fraction of sp³-hybridized carbons (Fsp3) is 0.128. The summed E-state index contributed by atoms with van der Waals surface area (Å²) in [6, 6.07) is 38.1. The van der Waals surface area contributed by atoms with E-state index in [-0.39, 0.29) is 17.3 Å². The fourth-order valence-electron chi connectivity index (χ4n) is 5.74. The zero-order valence-corrected chi connectivity index (χ0v) is 26.9. The van der Waals surface area contributed by atoms with Crippen LogP contribution in [-0.2, 0) is 14.3 Å². The van der Waals surface area contributed by atoms with Crippen LogP contribution in [0.5, 0.6) is 0 Å². The van der Waals surface area contributed by atoms with Crippen molar-refractivity contribution in [1.29, 1.82) is 0 Å². The van der Waals surface area contributed by atoms with Gasteiger partial charge in [-0.25, -0.2) is 4.79 Å². The predicted octanol–water partition coefficient (Wildman–Crippen LogP) is 7.94. The predicted molar refractivity (Wildman–Crippen MR) is 189 cm³/mol. The highest BCUT2D eigenvalue weighted by Crippen LogP contribution is 2.38. The summed E-state index contributed by atoms with van der Waals surface area (Å²) in [5.41, 5.74) is 5.97. The molecule has 5 aromatic rings. The van der Waals surface area contributed by atoms with Crippen LogP contribution < -0.4 is 4.90 Å². The number of aromatic nitrogens is 1. The largest absolute Gasteiger partial charge is 0.462 e. The number of hydrogen-bond acceptors (Lipinski definition) is 5. The molecule has 0 atom stereocenters. The second-order valence-electron chi connectivity index (χ2n) is 10.9. The number of anilines is 1. The van der Waals surface area contributed by atoms with Crippen molar-refractivity contribution in [1.82, 2.24) is 9.47 Å². The molecule has 4 aromatic carbocycles.